The van der Waals surface area contributed by atoms with Crippen molar-refractivity contribution in [2.75, 3.05) is 0 Å². The van der Waals surface area contributed by atoms with E-state index in [1.807, 2.05) is 30.3 Å². The highest BCUT2D eigenvalue weighted by Crippen LogP contribution is 2.03. The lowest BCUT2D eigenvalue weighted by molar-refractivity contribution is 0.243. The SMILES string of the molecule is O=c1ccoc(CO)c1C#Cc1ccccc1. The Morgan fingerprint density at radius 3 is 2.59 bits per heavy atom. The molecule has 3 heteroatoms. The standard InChI is InChI=1S/C14H10O3/c15-10-14-12(13(16)8-9-17-14)7-6-11-4-2-1-3-5-11/h1-5,8-9,15H,10H2. The number of aliphatic hydroxyl groups excluding tert-OH is 1. The van der Waals surface area contributed by atoms with Crippen LogP contribution in [0.25, 0.3) is 0 Å². The molecule has 0 aliphatic carbocycles. The predicted molar refractivity (Wildman–Crippen MR) is 63.3 cm³/mol. The average Bonchev–Trinajstić information content (AvgIpc) is 2.38. The van der Waals surface area contributed by atoms with Crippen LogP contribution in [-0.2, 0) is 6.61 Å². The molecule has 84 valence electrons. The van der Waals surface area contributed by atoms with Crippen LogP contribution in [0.15, 0.2) is 51.9 Å². The molecule has 0 amide bonds. The van der Waals surface area contributed by atoms with Gasteiger partial charge in [0.05, 0.1) is 6.26 Å². The van der Waals surface area contributed by atoms with Crippen molar-refractivity contribution in [1.29, 1.82) is 0 Å². The van der Waals surface area contributed by atoms with Crippen LogP contribution in [0.4, 0.5) is 0 Å². The van der Waals surface area contributed by atoms with E-state index in [1.165, 1.54) is 12.3 Å². The summed E-state index contributed by atoms with van der Waals surface area (Å²) in [5.41, 5.74) is 0.766. The molecule has 1 aromatic heterocycles. The first kappa shape index (κ1) is 11.2. The molecule has 1 N–H and O–H groups in total. The van der Waals surface area contributed by atoms with Crippen molar-refractivity contribution in [3.63, 3.8) is 0 Å². The molecule has 0 aliphatic rings. The zero-order valence-corrected chi connectivity index (χ0v) is 9.01. The van der Waals surface area contributed by atoms with E-state index in [9.17, 15) is 4.79 Å². The summed E-state index contributed by atoms with van der Waals surface area (Å²) in [5, 5.41) is 9.04. The number of aliphatic hydroxyl groups is 1. The summed E-state index contributed by atoms with van der Waals surface area (Å²) in [5.74, 6) is 5.78. The van der Waals surface area contributed by atoms with Gasteiger partial charge in [0.2, 0.25) is 5.43 Å². The van der Waals surface area contributed by atoms with Crippen molar-refractivity contribution >= 4 is 0 Å². The summed E-state index contributed by atoms with van der Waals surface area (Å²) in [6, 6.07) is 10.6. The molecular formula is C14H10O3. The summed E-state index contributed by atoms with van der Waals surface area (Å²) in [6.07, 6.45) is 1.25. The lowest BCUT2D eigenvalue weighted by Gasteiger charge is -1.96. The van der Waals surface area contributed by atoms with Gasteiger partial charge in [-0.05, 0) is 12.1 Å². The first-order valence-electron chi connectivity index (χ1n) is 5.10. The van der Waals surface area contributed by atoms with E-state index in [2.05, 4.69) is 11.8 Å². The second kappa shape index (κ2) is 5.15. The third-order valence-corrected chi connectivity index (χ3v) is 2.20. The van der Waals surface area contributed by atoms with Gasteiger partial charge in [0.15, 0.2) is 0 Å². The summed E-state index contributed by atoms with van der Waals surface area (Å²) < 4.78 is 5.02. The van der Waals surface area contributed by atoms with E-state index in [0.29, 0.717) is 0 Å². The van der Waals surface area contributed by atoms with E-state index >= 15 is 0 Å². The number of benzene rings is 1. The minimum atomic E-state index is -0.338. The van der Waals surface area contributed by atoms with E-state index in [-0.39, 0.29) is 23.4 Å². The number of hydrogen-bond acceptors (Lipinski definition) is 3. The Morgan fingerprint density at radius 2 is 1.88 bits per heavy atom. The van der Waals surface area contributed by atoms with Gasteiger partial charge in [-0.1, -0.05) is 30.0 Å². The number of hydrogen-bond donors (Lipinski definition) is 1. The molecule has 2 aromatic rings. The molecular weight excluding hydrogens is 216 g/mol. The fraction of sp³-hybridized carbons (Fsp3) is 0.0714. The highest BCUT2D eigenvalue weighted by atomic mass is 16.4. The Hall–Kier alpha value is -2.31. The molecule has 0 radical (unpaired) electrons. The van der Waals surface area contributed by atoms with Crippen molar-refractivity contribution in [3.05, 3.63) is 69.8 Å². The largest absolute Gasteiger partial charge is 0.465 e. The number of rotatable bonds is 1. The van der Waals surface area contributed by atoms with Crippen LogP contribution < -0.4 is 5.43 Å². The van der Waals surface area contributed by atoms with Gasteiger partial charge in [-0.25, -0.2) is 0 Å². The van der Waals surface area contributed by atoms with Gasteiger partial charge in [0.1, 0.15) is 17.9 Å². The third kappa shape index (κ3) is 2.63. The normalized spacial score (nSPS) is 9.47. The second-order valence-corrected chi connectivity index (χ2v) is 3.36. The van der Waals surface area contributed by atoms with E-state index in [1.54, 1.807) is 0 Å². The molecule has 0 atom stereocenters. The quantitative estimate of drug-likeness (QED) is 0.750. The van der Waals surface area contributed by atoms with Crippen LogP contribution in [0.3, 0.4) is 0 Å². The van der Waals surface area contributed by atoms with Gasteiger partial charge in [-0.2, -0.15) is 0 Å². The molecule has 0 spiro atoms. The Labute approximate surface area is 98.3 Å². The first-order valence-corrected chi connectivity index (χ1v) is 5.10. The summed E-state index contributed by atoms with van der Waals surface area (Å²) in [6.45, 7) is -0.338. The molecule has 0 bridgehead atoms. The fourth-order valence-corrected chi connectivity index (χ4v) is 1.36. The van der Waals surface area contributed by atoms with Gasteiger partial charge in [-0.3, -0.25) is 4.79 Å². The monoisotopic (exact) mass is 226 g/mol. The van der Waals surface area contributed by atoms with Crippen LogP contribution >= 0.6 is 0 Å². The summed E-state index contributed by atoms with van der Waals surface area (Å²) in [4.78, 5) is 11.5. The van der Waals surface area contributed by atoms with Crippen LogP contribution in [-0.4, -0.2) is 5.11 Å². The first-order chi connectivity index (χ1) is 8.31. The van der Waals surface area contributed by atoms with Gasteiger partial charge in [0.25, 0.3) is 0 Å². The van der Waals surface area contributed by atoms with Crippen molar-refractivity contribution < 1.29 is 9.52 Å². The maximum atomic E-state index is 11.5. The van der Waals surface area contributed by atoms with Crippen molar-refractivity contribution in [2.24, 2.45) is 0 Å². The van der Waals surface area contributed by atoms with Crippen LogP contribution in [0, 0.1) is 11.8 Å². The van der Waals surface area contributed by atoms with E-state index < -0.39 is 0 Å². The molecule has 0 aliphatic heterocycles. The molecule has 0 unspecified atom stereocenters. The zero-order chi connectivity index (χ0) is 12.1. The highest BCUT2D eigenvalue weighted by molar-refractivity contribution is 5.43. The van der Waals surface area contributed by atoms with Gasteiger partial charge < -0.3 is 9.52 Å². The van der Waals surface area contributed by atoms with E-state index in [4.69, 9.17) is 9.52 Å². The smallest absolute Gasteiger partial charge is 0.200 e. The Bertz CT molecular complexity index is 615. The van der Waals surface area contributed by atoms with E-state index in [0.717, 1.165) is 5.56 Å². The fourth-order valence-electron chi connectivity index (χ4n) is 1.36. The van der Waals surface area contributed by atoms with Gasteiger partial charge in [0, 0.05) is 11.6 Å². The predicted octanol–water partition coefficient (Wildman–Crippen LogP) is 1.53. The molecule has 0 saturated heterocycles. The summed E-state index contributed by atoms with van der Waals surface area (Å²) >= 11 is 0. The minimum absolute atomic E-state index is 0.195. The second-order valence-electron chi connectivity index (χ2n) is 3.36. The maximum Gasteiger partial charge on any atom is 0.200 e. The van der Waals surface area contributed by atoms with Gasteiger partial charge in [-0.15, -0.1) is 0 Å². The van der Waals surface area contributed by atoms with Crippen molar-refractivity contribution in [1.82, 2.24) is 0 Å². The highest BCUT2D eigenvalue weighted by Gasteiger charge is 2.04. The molecule has 17 heavy (non-hydrogen) atoms. The van der Waals surface area contributed by atoms with Crippen LogP contribution in [0.1, 0.15) is 16.9 Å². The Balaban J connectivity index is 2.44. The minimum Gasteiger partial charge on any atom is -0.465 e. The molecule has 2 rings (SSSR count). The maximum absolute atomic E-state index is 11.5. The average molecular weight is 226 g/mol. The lowest BCUT2D eigenvalue weighted by atomic mass is 10.2. The van der Waals surface area contributed by atoms with Crippen molar-refractivity contribution in [3.8, 4) is 11.8 Å². The Morgan fingerprint density at radius 1 is 1.12 bits per heavy atom. The van der Waals surface area contributed by atoms with Crippen LogP contribution in [0.2, 0.25) is 0 Å². The summed E-state index contributed by atoms with van der Waals surface area (Å²) in [7, 11) is 0. The topological polar surface area (TPSA) is 50.4 Å². The zero-order valence-electron chi connectivity index (χ0n) is 9.01. The molecule has 1 aromatic carbocycles. The molecule has 0 saturated carbocycles. The van der Waals surface area contributed by atoms with Crippen LogP contribution in [0.5, 0.6) is 0 Å². The third-order valence-electron chi connectivity index (χ3n) is 2.20. The Kier molecular flexibility index (Phi) is 3.39. The molecule has 3 nitrogen and oxygen atoms in total. The van der Waals surface area contributed by atoms with Crippen molar-refractivity contribution in [2.45, 2.75) is 6.61 Å². The molecule has 0 fully saturated rings. The van der Waals surface area contributed by atoms with Gasteiger partial charge >= 0.3 is 0 Å². The lowest BCUT2D eigenvalue weighted by Crippen LogP contribution is -2.07. The molecule has 1 heterocycles.